The van der Waals surface area contributed by atoms with Crippen LogP contribution in [0.2, 0.25) is 5.02 Å². The third kappa shape index (κ3) is 2.04. The number of hydrogen-bond donors (Lipinski definition) is 0. The molecule has 2 nitrogen and oxygen atoms in total. The third-order valence-corrected chi connectivity index (χ3v) is 2.97. The summed E-state index contributed by atoms with van der Waals surface area (Å²) in [5.74, 6) is 0.917. The van der Waals surface area contributed by atoms with E-state index < -0.39 is 0 Å². The maximum atomic E-state index is 6.14. The lowest BCUT2D eigenvalue weighted by Gasteiger charge is -2.08. The number of rotatable bonds is 3. The van der Waals surface area contributed by atoms with Crippen molar-refractivity contribution in [2.24, 2.45) is 0 Å². The molecule has 0 aliphatic carbocycles. The topological polar surface area (TPSA) is 17.8 Å². The van der Waals surface area contributed by atoms with Crippen LogP contribution in [0.4, 0.5) is 0 Å². The molecule has 0 aliphatic rings. The van der Waals surface area contributed by atoms with Crippen molar-refractivity contribution in [3.63, 3.8) is 0 Å². The molecule has 0 fully saturated rings. The van der Waals surface area contributed by atoms with Crippen LogP contribution in [0.5, 0.6) is 0 Å². The summed E-state index contributed by atoms with van der Waals surface area (Å²) in [5.41, 5.74) is 2.03. The van der Waals surface area contributed by atoms with Gasteiger partial charge in [-0.25, -0.2) is 4.98 Å². The van der Waals surface area contributed by atoms with Crippen LogP contribution in [0.3, 0.4) is 0 Å². The molecule has 2 aromatic rings. The van der Waals surface area contributed by atoms with Crippen molar-refractivity contribution < 1.29 is 0 Å². The van der Waals surface area contributed by atoms with Crippen LogP contribution in [0.15, 0.2) is 18.2 Å². The summed E-state index contributed by atoms with van der Waals surface area (Å²) in [7, 11) is 0. The van der Waals surface area contributed by atoms with E-state index in [1.54, 1.807) is 0 Å². The van der Waals surface area contributed by atoms with Gasteiger partial charge in [-0.2, -0.15) is 0 Å². The fraction of sp³-hybridized carbons (Fsp3) is 0.417. The number of fused-ring (bicyclic) bond motifs is 1. The Kier molecular flexibility index (Phi) is 3.41. The summed E-state index contributed by atoms with van der Waals surface area (Å²) in [5, 5.41) is 0.625. The number of halogens is 2. The minimum absolute atomic E-state index is 0.0854. The number of imidazole rings is 1. The van der Waals surface area contributed by atoms with Gasteiger partial charge in [-0.15, -0.1) is 11.6 Å². The van der Waals surface area contributed by atoms with Crippen molar-refractivity contribution in [3.05, 3.63) is 29.0 Å². The van der Waals surface area contributed by atoms with Gasteiger partial charge in [-0.1, -0.05) is 18.5 Å². The fourth-order valence-electron chi connectivity index (χ4n) is 1.88. The number of nitrogens with zero attached hydrogens (tertiary/aromatic N) is 2. The number of hydrogen-bond acceptors (Lipinski definition) is 1. The van der Waals surface area contributed by atoms with Crippen LogP contribution in [-0.2, 0) is 6.54 Å². The summed E-state index contributed by atoms with van der Waals surface area (Å²) >= 11 is 12.1. The number of alkyl halides is 1. The lowest BCUT2D eigenvalue weighted by molar-refractivity contribution is 0.654. The predicted molar refractivity (Wildman–Crippen MR) is 69.3 cm³/mol. The first-order chi connectivity index (χ1) is 7.63. The zero-order valence-electron chi connectivity index (χ0n) is 9.37. The summed E-state index contributed by atoms with van der Waals surface area (Å²) in [6, 6.07) is 5.77. The first-order valence-corrected chi connectivity index (χ1v) is 6.24. The summed E-state index contributed by atoms with van der Waals surface area (Å²) in [6.45, 7) is 5.02. The minimum atomic E-state index is -0.0854. The molecule has 4 heteroatoms. The van der Waals surface area contributed by atoms with Gasteiger partial charge in [-0.3, -0.25) is 0 Å². The quantitative estimate of drug-likeness (QED) is 0.745. The Morgan fingerprint density at radius 2 is 2.19 bits per heavy atom. The average molecular weight is 257 g/mol. The first-order valence-electron chi connectivity index (χ1n) is 5.43. The second-order valence-electron chi connectivity index (χ2n) is 3.87. The summed E-state index contributed by atoms with van der Waals surface area (Å²) < 4.78 is 2.17. The van der Waals surface area contributed by atoms with Crippen molar-refractivity contribution in [3.8, 4) is 0 Å². The normalized spacial score (nSPS) is 13.2. The monoisotopic (exact) mass is 256 g/mol. The van der Waals surface area contributed by atoms with E-state index in [4.69, 9.17) is 23.2 Å². The highest BCUT2D eigenvalue weighted by Crippen LogP contribution is 2.26. The molecule has 2 rings (SSSR count). The van der Waals surface area contributed by atoms with Crippen LogP contribution < -0.4 is 0 Å². The van der Waals surface area contributed by atoms with E-state index in [9.17, 15) is 0 Å². The van der Waals surface area contributed by atoms with E-state index in [-0.39, 0.29) is 5.38 Å². The van der Waals surface area contributed by atoms with E-state index in [1.165, 1.54) is 0 Å². The Bertz CT molecular complexity index is 503. The molecule has 1 aromatic carbocycles. The van der Waals surface area contributed by atoms with Crippen LogP contribution in [0, 0.1) is 0 Å². The lowest BCUT2D eigenvalue weighted by atomic mass is 10.3. The molecule has 1 heterocycles. The second kappa shape index (κ2) is 4.64. The van der Waals surface area contributed by atoms with Gasteiger partial charge in [0.2, 0.25) is 0 Å². The summed E-state index contributed by atoms with van der Waals surface area (Å²) in [4.78, 5) is 4.54. The molecule has 0 bridgehead atoms. The van der Waals surface area contributed by atoms with Crippen molar-refractivity contribution >= 4 is 34.2 Å². The lowest BCUT2D eigenvalue weighted by Crippen LogP contribution is -2.03. The van der Waals surface area contributed by atoms with Gasteiger partial charge in [0.25, 0.3) is 0 Å². The van der Waals surface area contributed by atoms with Gasteiger partial charge < -0.3 is 4.57 Å². The van der Waals surface area contributed by atoms with Gasteiger partial charge in [0, 0.05) is 11.6 Å². The highest BCUT2D eigenvalue weighted by atomic mass is 35.5. The molecule has 0 saturated heterocycles. The largest absolute Gasteiger partial charge is 0.327 e. The maximum absolute atomic E-state index is 6.14. The maximum Gasteiger partial charge on any atom is 0.127 e. The van der Waals surface area contributed by atoms with E-state index in [1.807, 2.05) is 25.1 Å². The molecule has 86 valence electrons. The highest BCUT2D eigenvalue weighted by Gasteiger charge is 2.14. The van der Waals surface area contributed by atoms with Crippen molar-refractivity contribution in [2.75, 3.05) is 0 Å². The predicted octanol–water partition coefficient (Wildman–Crippen LogP) is 4.40. The Morgan fingerprint density at radius 1 is 1.44 bits per heavy atom. The zero-order chi connectivity index (χ0) is 11.7. The standard InChI is InChI=1S/C12H14Cl2N2/c1-3-6-16-11-5-4-9(14)7-10(11)15-12(16)8(2)13/h4-5,7-8H,3,6H2,1-2H3. The van der Waals surface area contributed by atoms with Crippen LogP contribution in [0.1, 0.15) is 31.5 Å². The van der Waals surface area contributed by atoms with Gasteiger partial charge >= 0.3 is 0 Å². The zero-order valence-corrected chi connectivity index (χ0v) is 10.9. The molecule has 16 heavy (non-hydrogen) atoms. The molecule has 0 amide bonds. The van der Waals surface area contributed by atoms with Gasteiger partial charge in [-0.05, 0) is 31.5 Å². The molecule has 0 N–H and O–H groups in total. The number of aromatic nitrogens is 2. The Morgan fingerprint density at radius 3 is 2.81 bits per heavy atom. The van der Waals surface area contributed by atoms with Crippen molar-refractivity contribution in [1.82, 2.24) is 9.55 Å². The molecule has 1 aromatic heterocycles. The molecular formula is C12H14Cl2N2. The molecule has 0 radical (unpaired) electrons. The SMILES string of the molecule is CCCn1c(C(C)Cl)nc2cc(Cl)ccc21. The number of aryl methyl sites for hydroxylation is 1. The van der Waals surface area contributed by atoms with Gasteiger partial charge in [0.1, 0.15) is 5.82 Å². The van der Waals surface area contributed by atoms with E-state index >= 15 is 0 Å². The molecule has 0 spiro atoms. The van der Waals surface area contributed by atoms with E-state index in [0.717, 1.165) is 29.8 Å². The van der Waals surface area contributed by atoms with Crippen LogP contribution in [-0.4, -0.2) is 9.55 Å². The van der Waals surface area contributed by atoms with Gasteiger partial charge in [0.05, 0.1) is 16.4 Å². The highest BCUT2D eigenvalue weighted by molar-refractivity contribution is 6.31. The summed E-state index contributed by atoms with van der Waals surface area (Å²) in [6.07, 6.45) is 1.06. The molecular weight excluding hydrogens is 243 g/mol. The molecule has 0 saturated carbocycles. The Labute approximate surface area is 105 Å². The number of benzene rings is 1. The minimum Gasteiger partial charge on any atom is -0.327 e. The van der Waals surface area contributed by atoms with Crippen LogP contribution in [0.25, 0.3) is 11.0 Å². The smallest absolute Gasteiger partial charge is 0.127 e. The van der Waals surface area contributed by atoms with Gasteiger partial charge in [0.15, 0.2) is 0 Å². The second-order valence-corrected chi connectivity index (χ2v) is 4.96. The van der Waals surface area contributed by atoms with Crippen molar-refractivity contribution in [1.29, 1.82) is 0 Å². The Balaban J connectivity index is 2.65. The Hall–Kier alpha value is -0.730. The third-order valence-electron chi connectivity index (χ3n) is 2.54. The molecule has 1 atom stereocenters. The van der Waals surface area contributed by atoms with E-state index in [2.05, 4.69) is 16.5 Å². The van der Waals surface area contributed by atoms with E-state index in [0.29, 0.717) is 5.02 Å². The van der Waals surface area contributed by atoms with Crippen LogP contribution >= 0.6 is 23.2 Å². The average Bonchev–Trinajstić information content (AvgIpc) is 2.57. The molecule has 1 unspecified atom stereocenters. The molecule has 0 aliphatic heterocycles. The van der Waals surface area contributed by atoms with Crippen molar-refractivity contribution in [2.45, 2.75) is 32.2 Å². The fourth-order valence-corrected chi connectivity index (χ4v) is 2.22. The first kappa shape index (κ1) is 11.7.